The van der Waals surface area contributed by atoms with E-state index in [-0.39, 0.29) is 17.3 Å². The van der Waals surface area contributed by atoms with Gasteiger partial charge in [0, 0.05) is 37.0 Å². The molecule has 0 atom stereocenters. The number of benzene rings is 2. The molecule has 0 saturated carbocycles. The number of nitro groups is 1. The first-order valence-corrected chi connectivity index (χ1v) is 8.24. The van der Waals surface area contributed by atoms with E-state index in [0.29, 0.717) is 24.5 Å². The van der Waals surface area contributed by atoms with Crippen LogP contribution in [0, 0.1) is 10.1 Å². The molecule has 0 saturated heterocycles. The Bertz CT molecular complexity index is 949. The van der Waals surface area contributed by atoms with Crippen LogP contribution >= 0.6 is 0 Å². The number of amides is 1. The molecule has 138 valence electrons. The summed E-state index contributed by atoms with van der Waals surface area (Å²) >= 11 is 0. The van der Waals surface area contributed by atoms with E-state index in [9.17, 15) is 14.9 Å². The van der Waals surface area contributed by atoms with E-state index < -0.39 is 4.92 Å². The summed E-state index contributed by atoms with van der Waals surface area (Å²) in [5.41, 5.74) is 8.19. The number of nitrogens with zero attached hydrogens (tertiary/aromatic N) is 3. The number of oxazole rings is 1. The highest BCUT2D eigenvalue weighted by Gasteiger charge is 2.17. The Labute approximate surface area is 155 Å². The highest BCUT2D eigenvalue weighted by Crippen LogP contribution is 2.20. The van der Waals surface area contributed by atoms with Gasteiger partial charge in [-0.2, -0.15) is 0 Å². The van der Waals surface area contributed by atoms with Crippen molar-refractivity contribution >= 4 is 17.3 Å². The van der Waals surface area contributed by atoms with E-state index in [1.54, 1.807) is 43.4 Å². The number of non-ortho nitro benzene ring substituents is 1. The lowest BCUT2D eigenvalue weighted by Gasteiger charge is -2.15. The highest BCUT2D eigenvalue weighted by molar-refractivity contribution is 5.92. The minimum absolute atomic E-state index is 0.0426. The lowest BCUT2D eigenvalue weighted by molar-refractivity contribution is -0.384. The summed E-state index contributed by atoms with van der Waals surface area (Å²) in [5, 5.41) is 10.7. The first-order chi connectivity index (χ1) is 12.9. The molecule has 0 aliphatic rings. The topological polar surface area (TPSA) is 116 Å². The van der Waals surface area contributed by atoms with Gasteiger partial charge in [0.2, 0.25) is 5.89 Å². The summed E-state index contributed by atoms with van der Waals surface area (Å²) in [4.78, 5) is 28.5. The fraction of sp³-hybridized carbons (Fsp3) is 0.158. The van der Waals surface area contributed by atoms with Crippen LogP contribution in [-0.2, 0) is 6.42 Å². The molecule has 1 heterocycles. The first-order valence-electron chi connectivity index (χ1n) is 8.24. The van der Waals surface area contributed by atoms with Crippen LogP contribution in [0.5, 0.6) is 0 Å². The van der Waals surface area contributed by atoms with Gasteiger partial charge in [0.25, 0.3) is 11.6 Å². The van der Waals surface area contributed by atoms with E-state index in [4.69, 9.17) is 10.2 Å². The van der Waals surface area contributed by atoms with Gasteiger partial charge in [-0.3, -0.25) is 14.9 Å². The number of likely N-dealkylation sites (N-methyl/N-ethyl adjacent to an activating group) is 1. The van der Waals surface area contributed by atoms with Crippen LogP contribution in [-0.4, -0.2) is 34.3 Å². The molecule has 0 fully saturated rings. The summed E-state index contributed by atoms with van der Waals surface area (Å²) in [5.74, 6) is 0.0875. The van der Waals surface area contributed by atoms with E-state index in [1.165, 1.54) is 23.3 Å². The van der Waals surface area contributed by atoms with Gasteiger partial charge >= 0.3 is 0 Å². The van der Waals surface area contributed by atoms with Crippen LogP contribution in [0.4, 0.5) is 11.4 Å². The number of nitrogens with two attached hydrogens (primary N) is 1. The average Bonchev–Trinajstić information content (AvgIpc) is 3.16. The first kappa shape index (κ1) is 18.1. The van der Waals surface area contributed by atoms with Crippen LogP contribution in [0.2, 0.25) is 0 Å². The number of rotatable bonds is 6. The second-order valence-electron chi connectivity index (χ2n) is 6.06. The molecule has 0 radical (unpaired) electrons. The number of hydrogen-bond acceptors (Lipinski definition) is 6. The molecule has 0 spiro atoms. The van der Waals surface area contributed by atoms with Crippen LogP contribution < -0.4 is 5.73 Å². The minimum Gasteiger partial charge on any atom is -0.444 e. The molecule has 0 bridgehead atoms. The molecule has 0 aliphatic carbocycles. The molecule has 8 nitrogen and oxygen atoms in total. The Morgan fingerprint density at radius 1 is 1.19 bits per heavy atom. The molecular formula is C19H18N4O4. The van der Waals surface area contributed by atoms with E-state index in [0.717, 1.165) is 11.1 Å². The zero-order valence-corrected chi connectivity index (χ0v) is 14.7. The van der Waals surface area contributed by atoms with E-state index in [1.807, 2.05) is 0 Å². The summed E-state index contributed by atoms with van der Waals surface area (Å²) in [6.07, 6.45) is 1.90. The molecule has 0 aliphatic heterocycles. The van der Waals surface area contributed by atoms with Gasteiger partial charge in [0.05, 0.1) is 4.92 Å². The predicted molar refractivity (Wildman–Crippen MR) is 100 cm³/mol. The van der Waals surface area contributed by atoms with Crippen LogP contribution in [0.3, 0.4) is 0 Å². The summed E-state index contributed by atoms with van der Waals surface area (Å²) in [7, 11) is 1.67. The summed E-state index contributed by atoms with van der Waals surface area (Å²) < 4.78 is 5.40. The SMILES string of the molecule is CN(CCc1ccc([N+](=O)[O-])cc1)C(=O)c1coc(-c2ccc(N)cc2)n1. The van der Waals surface area contributed by atoms with Crippen molar-refractivity contribution in [2.24, 2.45) is 0 Å². The maximum atomic E-state index is 12.5. The lowest BCUT2D eigenvalue weighted by Crippen LogP contribution is -2.29. The average molecular weight is 366 g/mol. The Morgan fingerprint density at radius 2 is 1.85 bits per heavy atom. The molecule has 8 heteroatoms. The van der Waals surface area contributed by atoms with E-state index >= 15 is 0 Å². The Hall–Kier alpha value is -3.68. The molecule has 2 N–H and O–H groups in total. The third-order valence-corrected chi connectivity index (χ3v) is 4.11. The van der Waals surface area contributed by atoms with Crippen molar-refractivity contribution in [1.29, 1.82) is 0 Å². The van der Waals surface area contributed by atoms with Gasteiger partial charge in [-0.15, -0.1) is 0 Å². The molecule has 3 rings (SSSR count). The zero-order chi connectivity index (χ0) is 19.4. The number of anilines is 1. The number of aromatic nitrogens is 1. The van der Waals surface area contributed by atoms with Gasteiger partial charge in [0.15, 0.2) is 5.69 Å². The van der Waals surface area contributed by atoms with Crippen molar-refractivity contribution in [3.8, 4) is 11.5 Å². The zero-order valence-electron chi connectivity index (χ0n) is 14.7. The van der Waals surface area contributed by atoms with Gasteiger partial charge in [-0.25, -0.2) is 4.98 Å². The summed E-state index contributed by atoms with van der Waals surface area (Å²) in [6, 6.07) is 13.3. The standard InChI is InChI=1S/C19H18N4O4/c1-22(11-10-13-2-8-16(9-3-13)23(25)26)19(24)17-12-27-18(21-17)14-4-6-15(20)7-5-14/h2-9,12H,10-11,20H2,1H3. The van der Waals surface area contributed by atoms with Crippen molar-refractivity contribution in [1.82, 2.24) is 9.88 Å². The normalized spacial score (nSPS) is 10.6. The van der Waals surface area contributed by atoms with E-state index in [2.05, 4.69) is 4.98 Å². The molecule has 0 unspecified atom stereocenters. The maximum Gasteiger partial charge on any atom is 0.275 e. The van der Waals surface area contributed by atoms with Crippen LogP contribution in [0.15, 0.2) is 59.2 Å². The predicted octanol–water partition coefficient (Wildman–Crippen LogP) is 3.15. The van der Waals surface area contributed by atoms with Gasteiger partial charge < -0.3 is 15.1 Å². The van der Waals surface area contributed by atoms with Crippen molar-refractivity contribution in [2.75, 3.05) is 19.3 Å². The summed E-state index contributed by atoms with van der Waals surface area (Å²) in [6.45, 7) is 0.445. The smallest absolute Gasteiger partial charge is 0.275 e. The highest BCUT2D eigenvalue weighted by atomic mass is 16.6. The molecule has 1 aromatic heterocycles. The Balaban J connectivity index is 1.62. The monoisotopic (exact) mass is 366 g/mol. The fourth-order valence-corrected chi connectivity index (χ4v) is 2.51. The number of carbonyl (C=O) groups is 1. The van der Waals surface area contributed by atoms with Crippen molar-refractivity contribution in [2.45, 2.75) is 6.42 Å². The van der Waals surface area contributed by atoms with Crippen LogP contribution in [0.25, 0.3) is 11.5 Å². The van der Waals surface area contributed by atoms with Gasteiger partial charge in [-0.05, 0) is 36.2 Å². The Morgan fingerprint density at radius 3 is 2.48 bits per heavy atom. The Kier molecular flexibility index (Phi) is 5.16. The van der Waals surface area contributed by atoms with Crippen molar-refractivity contribution < 1.29 is 14.1 Å². The van der Waals surface area contributed by atoms with Crippen LogP contribution in [0.1, 0.15) is 16.1 Å². The number of hydrogen-bond donors (Lipinski definition) is 1. The van der Waals surface area contributed by atoms with Crippen molar-refractivity contribution in [3.63, 3.8) is 0 Å². The molecule has 1 amide bonds. The second-order valence-corrected chi connectivity index (χ2v) is 6.06. The number of nitro benzene ring substituents is 1. The van der Waals surface area contributed by atoms with Gasteiger partial charge in [0.1, 0.15) is 6.26 Å². The molecular weight excluding hydrogens is 348 g/mol. The van der Waals surface area contributed by atoms with Gasteiger partial charge in [-0.1, -0.05) is 12.1 Å². The molecule has 27 heavy (non-hydrogen) atoms. The third-order valence-electron chi connectivity index (χ3n) is 4.11. The fourth-order valence-electron chi connectivity index (χ4n) is 2.51. The number of carbonyl (C=O) groups excluding carboxylic acids is 1. The number of nitrogen functional groups attached to an aromatic ring is 1. The minimum atomic E-state index is -0.442. The second kappa shape index (κ2) is 7.69. The lowest BCUT2D eigenvalue weighted by atomic mass is 10.1. The quantitative estimate of drug-likeness (QED) is 0.407. The van der Waals surface area contributed by atoms with Crippen molar-refractivity contribution in [3.05, 3.63) is 76.2 Å². The molecule has 2 aromatic carbocycles. The maximum absolute atomic E-state index is 12.5. The third kappa shape index (κ3) is 4.30. The molecule has 3 aromatic rings. The largest absolute Gasteiger partial charge is 0.444 e.